The maximum atomic E-state index is 11.4. The smallest absolute Gasteiger partial charge is 0.219 e. The first kappa shape index (κ1) is 14.2. The van der Waals surface area contributed by atoms with Gasteiger partial charge in [0.2, 0.25) is 5.91 Å². The van der Waals surface area contributed by atoms with E-state index in [9.17, 15) is 9.90 Å². The molecule has 0 spiro atoms. The quantitative estimate of drug-likeness (QED) is 0.871. The van der Waals surface area contributed by atoms with Crippen LogP contribution < -0.4 is 0 Å². The Morgan fingerprint density at radius 2 is 2.32 bits per heavy atom. The molecule has 5 nitrogen and oxygen atoms in total. The van der Waals surface area contributed by atoms with Gasteiger partial charge in [0.05, 0.1) is 6.10 Å². The van der Waals surface area contributed by atoms with Gasteiger partial charge in [0, 0.05) is 62.6 Å². The summed E-state index contributed by atoms with van der Waals surface area (Å²) in [4.78, 5) is 19.2. The lowest BCUT2D eigenvalue weighted by Gasteiger charge is -2.21. The SMILES string of the molecule is CC(=O)N1CCN(Cc2cnccc2Cl)CC(O)C1. The van der Waals surface area contributed by atoms with Crippen molar-refractivity contribution in [3.05, 3.63) is 29.0 Å². The zero-order valence-electron chi connectivity index (χ0n) is 10.9. The molecule has 1 aromatic heterocycles. The van der Waals surface area contributed by atoms with Crippen LogP contribution in [-0.4, -0.2) is 58.1 Å². The molecule has 6 heteroatoms. The van der Waals surface area contributed by atoms with E-state index >= 15 is 0 Å². The van der Waals surface area contributed by atoms with Gasteiger partial charge in [0.1, 0.15) is 0 Å². The second-order valence-corrected chi connectivity index (χ2v) is 5.23. The Labute approximate surface area is 117 Å². The van der Waals surface area contributed by atoms with E-state index in [0.29, 0.717) is 31.2 Å². The van der Waals surface area contributed by atoms with Gasteiger partial charge in [0.15, 0.2) is 0 Å². The molecular weight excluding hydrogens is 266 g/mol. The second kappa shape index (κ2) is 6.32. The number of amides is 1. The van der Waals surface area contributed by atoms with E-state index in [-0.39, 0.29) is 5.91 Å². The number of halogens is 1. The van der Waals surface area contributed by atoms with Crippen LogP contribution in [0.2, 0.25) is 5.02 Å². The molecule has 104 valence electrons. The van der Waals surface area contributed by atoms with Gasteiger partial charge >= 0.3 is 0 Å². The van der Waals surface area contributed by atoms with Crippen molar-refractivity contribution in [2.24, 2.45) is 0 Å². The molecular formula is C13H18ClN3O2. The van der Waals surface area contributed by atoms with Gasteiger partial charge in [-0.1, -0.05) is 11.6 Å². The van der Waals surface area contributed by atoms with Crippen molar-refractivity contribution < 1.29 is 9.90 Å². The van der Waals surface area contributed by atoms with Gasteiger partial charge in [-0.15, -0.1) is 0 Å². The van der Waals surface area contributed by atoms with Gasteiger partial charge in [-0.3, -0.25) is 14.7 Å². The minimum absolute atomic E-state index is 0.000287. The van der Waals surface area contributed by atoms with E-state index in [0.717, 1.165) is 12.1 Å². The number of β-amino-alcohol motifs (C(OH)–C–C–N with tert-alkyl or cyclic N) is 1. The highest BCUT2D eigenvalue weighted by molar-refractivity contribution is 6.31. The highest BCUT2D eigenvalue weighted by atomic mass is 35.5. The van der Waals surface area contributed by atoms with Crippen LogP contribution in [0.15, 0.2) is 18.5 Å². The van der Waals surface area contributed by atoms with Crippen molar-refractivity contribution >= 4 is 17.5 Å². The summed E-state index contributed by atoms with van der Waals surface area (Å²) < 4.78 is 0. The Hall–Kier alpha value is -1.17. The van der Waals surface area contributed by atoms with Crippen molar-refractivity contribution in [1.29, 1.82) is 0 Å². The first-order valence-corrected chi connectivity index (χ1v) is 6.68. The Bertz CT molecular complexity index is 455. The summed E-state index contributed by atoms with van der Waals surface area (Å²) >= 11 is 6.11. The number of aliphatic hydroxyl groups is 1. The molecule has 0 radical (unpaired) electrons. The molecule has 0 aliphatic carbocycles. The molecule has 1 aliphatic rings. The molecule has 1 unspecified atom stereocenters. The number of nitrogens with zero attached hydrogens (tertiary/aromatic N) is 3. The largest absolute Gasteiger partial charge is 0.390 e. The lowest BCUT2D eigenvalue weighted by molar-refractivity contribution is -0.129. The second-order valence-electron chi connectivity index (χ2n) is 4.82. The molecule has 1 atom stereocenters. The van der Waals surface area contributed by atoms with E-state index in [1.807, 2.05) is 0 Å². The summed E-state index contributed by atoms with van der Waals surface area (Å²) in [5.74, 6) is 0.000287. The summed E-state index contributed by atoms with van der Waals surface area (Å²) in [5.41, 5.74) is 0.938. The summed E-state index contributed by atoms with van der Waals surface area (Å²) in [7, 11) is 0. The van der Waals surface area contributed by atoms with Gasteiger partial charge in [0.25, 0.3) is 0 Å². The average molecular weight is 284 g/mol. The predicted octanol–water partition coefficient (Wildman–Crippen LogP) is 0.760. The Morgan fingerprint density at radius 1 is 1.53 bits per heavy atom. The van der Waals surface area contributed by atoms with Crippen molar-refractivity contribution in [2.45, 2.75) is 19.6 Å². The van der Waals surface area contributed by atoms with E-state index in [1.54, 1.807) is 23.4 Å². The van der Waals surface area contributed by atoms with Crippen LogP contribution in [0, 0.1) is 0 Å². The van der Waals surface area contributed by atoms with Crippen LogP contribution >= 0.6 is 11.6 Å². The van der Waals surface area contributed by atoms with E-state index < -0.39 is 6.10 Å². The number of carbonyl (C=O) groups is 1. The zero-order chi connectivity index (χ0) is 13.8. The van der Waals surface area contributed by atoms with E-state index in [4.69, 9.17) is 11.6 Å². The molecule has 0 bridgehead atoms. The van der Waals surface area contributed by atoms with Gasteiger partial charge in [-0.25, -0.2) is 0 Å². The maximum Gasteiger partial charge on any atom is 0.219 e. The van der Waals surface area contributed by atoms with E-state index in [2.05, 4.69) is 9.88 Å². The molecule has 2 rings (SSSR count). The van der Waals surface area contributed by atoms with Gasteiger partial charge in [-0.05, 0) is 6.07 Å². The van der Waals surface area contributed by atoms with Crippen LogP contribution in [0.3, 0.4) is 0 Å². The number of carbonyl (C=O) groups excluding carboxylic acids is 1. The fourth-order valence-corrected chi connectivity index (χ4v) is 2.42. The molecule has 19 heavy (non-hydrogen) atoms. The number of aromatic nitrogens is 1. The first-order valence-electron chi connectivity index (χ1n) is 6.30. The normalized spacial score (nSPS) is 21.2. The monoisotopic (exact) mass is 283 g/mol. The zero-order valence-corrected chi connectivity index (χ0v) is 11.7. The van der Waals surface area contributed by atoms with Crippen LogP contribution in [0.5, 0.6) is 0 Å². The molecule has 0 aromatic carbocycles. The number of aliphatic hydroxyl groups excluding tert-OH is 1. The van der Waals surface area contributed by atoms with Crippen LogP contribution in [0.25, 0.3) is 0 Å². The summed E-state index contributed by atoms with van der Waals surface area (Å²) in [6.45, 7) is 4.45. The average Bonchev–Trinajstić information content (AvgIpc) is 2.54. The van der Waals surface area contributed by atoms with Gasteiger partial charge in [-0.2, -0.15) is 0 Å². The lowest BCUT2D eigenvalue weighted by Crippen LogP contribution is -2.36. The molecule has 1 saturated heterocycles. The number of rotatable bonds is 2. The van der Waals surface area contributed by atoms with Crippen molar-refractivity contribution in [3.63, 3.8) is 0 Å². The minimum Gasteiger partial charge on any atom is -0.390 e. The third-order valence-electron chi connectivity index (χ3n) is 3.27. The third kappa shape index (κ3) is 3.89. The number of hydrogen-bond donors (Lipinski definition) is 1. The molecule has 1 aromatic rings. The van der Waals surface area contributed by atoms with Crippen molar-refractivity contribution in [1.82, 2.24) is 14.8 Å². The summed E-state index contributed by atoms with van der Waals surface area (Å²) in [6, 6.07) is 1.76. The maximum absolute atomic E-state index is 11.4. The minimum atomic E-state index is -0.526. The third-order valence-corrected chi connectivity index (χ3v) is 3.64. The molecule has 1 N–H and O–H groups in total. The Kier molecular flexibility index (Phi) is 4.74. The molecule has 0 saturated carbocycles. The summed E-state index contributed by atoms with van der Waals surface area (Å²) in [6.07, 6.45) is 2.87. The number of hydrogen-bond acceptors (Lipinski definition) is 4. The first-order chi connectivity index (χ1) is 9.06. The van der Waals surface area contributed by atoms with Crippen LogP contribution in [-0.2, 0) is 11.3 Å². The van der Waals surface area contributed by atoms with Crippen molar-refractivity contribution in [2.75, 3.05) is 26.2 Å². The topological polar surface area (TPSA) is 56.7 Å². The van der Waals surface area contributed by atoms with Crippen LogP contribution in [0.1, 0.15) is 12.5 Å². The fourth-order valence-electron chi connectivity index (χ4n) is 2.25. The summed E-state index contributed by atoms with van der Waals surface area (Å²) in [5, 5.41) is 10.6. The molecule has 1 fully saturated rings. The van der Waals surface area contributed by atoms with Crippen molar-refractivity contribution in [3.8, 4) is 0 Å². The Balaban J connectivity index is 2.02. The molecule has 1 aliphatic heterocycles. The molecule has 1 amide bonds. The Morgan fingerprint density at radius 3 is 3.00 bits per heavy atom. The molecule has 2 heterocycles. The standard InChI is InChI=1S/C13H18ClN3O2/c1-10(18)17-5-4-16(8-12(19)9-17)7-11-6-15-3-2-13(11)14/h2-3,6,12,19H,4-5,7-9H2,1H3. The lowest BCUT2D eigenvalue weighted by atomic mass is 10.2. The number of pyridine rings is 1. The van der Waals surface area contributed by atoms with E-state index in [1.165, 1.54) is 6.92 Å². The highest BCUT2D eigenvalue weighted by Crippen LogP contribution is 2.17. The highest BCUT2D eigenvalue weighted by Gasteiger charge is 2.22. The fraction of sp³-hybridized carbons (Fsp3) is 0.538. The van der Waals surface area contributed by atoms with Crippen LogP contribution in [0.4, 0.5) is 0 Å². The van der Waals surface area contributed by atoms with Gasteiger partial charge < -0.3 is 10.0 Å². The predicted molar refractivity (Wildman–Crippen MR) is 72.8 cm³/mol.